The van der Waals surface area contributed by atoms with Crippen LogP contribution >= 0.6 is 0 Å². The molecule has 1 aromatic heterocycles. The number of anilines is 1. The van der Waals surface area contributed by atoms with Crippen molar-refractivity contribution in [1.29, 1.82) is 0 Å². The highest BCUT2D eigenvalue weighted by molar-refractivity contribution is 5.90. The molecule has 150 valence electrons. The van der Waals surface area contributed by atoms with Crippen molar-refractivity contribution in [2.75, 3.05) is 32.5 Å². The van der Waals surface area contributed by atoms with Crippen LogP contribution in [0, 0.1) is 0 Å². The van der Waals surface area contributed by atoms with Gasteiger partial charge in [-0.2, -0.15) is 5.10 Å². The number of para-hydroxylation sites is 1. The third-order valence-electron chi connectivity index (χ3n) is 5.11. The van der Waals surface area contributed by atoms with E-state index >= 15 is 0 Å². The summed E-state index contributed by atoms with van der Waals surface area (Å²) >= 11 is 0. The molecule has 7 nitrogen and oxygen atoms in total. The molecule has 0 saturated carbocycles. The smallest absolute Gasteiger partial charge is 0.222 e. The van der Waals surface area contributed by atoms with E-state index in [9.17, 15) is 4.79 Å². The van der Waals surface area contributed by atoms with E-state index in [0.29, 0.717) is 36.8 Å². The lowest BCUT2D eigenvalue weighted by Gasteiger charge is -2.18. The SMILES string of the molecule is COc1c(OCCN2CCCC2=O)ccc(/C=C/c2n[nH]c3ccccc23)c1N. The number of hydrogen-bond acceptors (Lipinski definition) is 5. The first-order valence-electron chi connectivity index (χ1n) is 9.65. The number of nitrogens with two attached hydrogens (primary N) is 1. The Balaban J connectivity index is 1.49. The molecule has 0 aliphatic carbocycles. The van der Waals surface area contributed by atoms with Crippen LogP contribution in [-0.4, -0.2) is 47.8 Å². The number of carbonyl (C=O) groups excluding carboxylic acids is 1. The summed E-state index contributed by atoms with van der Waals surface area (Å²) in [5.74, 6) is 1.25. The monoisotopic (exact) mass is 392 g/mol. The molecule has 2 heterocycles. The first-order chi connectivity index (χ1) is 14.2. The topological polar surface area (TPSA) is 93.5 Å². The van der Waals surface area contributed by atoms with Crippen molar-refractivity contribution in [3.05, 3.63) is 47.7 Å². The van der Waals surface area contributed by atoms with E-state index in [4.69, 9.17) is 15.2 Å². The largest absolute Gasteiger partial charge is 0.491 e. The van der Waals surface area contributed by atoms with Crippen molar-refractivity contribution >= 4 is 34.6 Å². The molecule has 3 N–H and O–H groups in total. The molecule has 3 aromatic rings. The summed E-state index contributed by atoms with van der Waals surface area (Å²) in [6.07, 6.45) is 5.38. The number of H-pyrrole nitrogens is 1. The maximum absolute atomic E-state index is 11.7. The van der Waals surface area contributed by atoms with Gasteiger partial charge in [0.05, 0.1) is 30.6 Å². The van der Waals surface area contributed by atoms with Crippen LogP contribution in [0.5, 0.6) is 11.5 Å². The van der Waals surface area contributed by atoms with Gasteiger partial charge in [0.2, 0.25) is 5.91 Å². The number of carbonyl (C=O) groups is 1. The third-order valence-corrected chi connectivity index (χ3v) is 5.11. The van der Waals surface area contributed by atoms with Crippen molar-refractivity contribution in [1.82, 2.24) is 15.1 Å². The molecule has 1 aliphatic heterocycles. The second-order valence-corrected chi connectivity index (χ2v) is 6.92. The molecule has 1 aliphatic rings. The fourth-order valence-electron chi connectivity index (χ4n) is 3.55. The Morgan fingerprint density at radius 1 is 1.24 bits per heavy atom. The Labute approximate surface area is 169 Å². The minimum Gasteiger partial charge on any atom is -0.491 e. The minimum absolute atomic E-state index is 0.187. The van der Waals surface area contributed by atoms with Gasteiger partial charge >= 0.3 is 0 Å². The van der Waals surface area contributed by atoms with Gasteiger partial charge in [-0.25, -0.2) is 0 Å². The average Bonchev–Trinajstić information content (AvgIpc) is 3.34. The van der Waals surface area contributed by atoms with E-state index in [-0.39, 0.29) is 5.91 Å². The van der Waals surface area contributed by atoms with Crippen LogP contribution in [-0.2, 0) is 4.79 Å². The Bertz CT molecular complexity index is 1060. The molecule has 7 heteroatoms. The number of aromatic amines is 1. The molecule has 29 heavy (non-hydrogen) atoms. The Morgan fingerprint density at radius 2 is 2.10 bits per heavy atom. The minimum atomic E-state index is 0.187. The second kappa shape index (κ2) is 8.26. The molecule has 1 saturated heterocycles. The predicted molar refractivity (Wildman–Crippen MR) is 114 cm³/mol. The van der Waals surface area contributed by atoms with Crippen LogP contribution in [0.1, 0.15) is 24.1 Å². The fraction of sp³-hybridized carbons (Fsp3) is 0.273. The highest BCUT2D eigenvalue weighted by Crippen LogP contribution is 2.36. The lowest BCUT2D eigenvalue weighted by molar-refractivity contribution is -0.128. The van der Waals surface area contributed by atoms with Crippen LogP contribution in [0.25, 0.3) is 23.1 Å². The molecule has 0 radical (unpaired) electrons. The van der Waals surface area contributed by atoms with Gasteiger partial charge in [0.15, 0.2) is 11.5 Å². The fourth-order valence-corrected chi connectivity index (χ4v) is 3.55. The number of nitrogen functional groups attached to an aromatic ring is 1. The highest BCUT2D eigenvalue weighted by Gasteiger charge is 2.20. The summed E-state index contributed by atoms with van der Waals surface area (Å²) in [4.78, 5) is 13.5. The number of nitrogens with one attached hydrogen (secondary N) is 1. The van der Waals surface area contributed by atoms with E-state index in [1.165, 1.54) is 0 Å². The van der Waals surface area contributed by atoms with Crippen LogP contribution in [0.3, 0.4) is 0 Å². The molecular weight excluding hydrogens is 368 g/mol. The zero-order valence-electron chi connectivity index (χ0n) is 16.4. The van der Waals surface area contributed by atoms with Crippen molar-refractivity contribution in [2.45, 2.75) is 12.8 Å². The van der Waals surface area contributed by atoms with Crippen LogP contribution < -0.4 is 15.2 Å². The van der Waals surface area contributed by atoms with Gasteiger partial charge in [0.1, 0.15) is 6.61 Å². The third kappa shape index (κ3) is 3.89. The summed E-state index contributed by atoms with van der Waals surface area (Å²) in [6, 6.07) is 11.7. The number of hydrogen-bond donors (Lipinski definition) is 2. The number of benzene rings is 2. The van der Waals surface area contributed by atoms with Gasteiger partial charge in [-0.05, 0) is 30.7 Å². The number of methoxy groups -OCH3 is 1. The van der Waals surface area contributed by atoms with Gasteiger partial charge in [0.25, 0.3) is 0 Å². The molecule has 0 unspecified atom stereocenters. The van der Waals surface area contributed by atoms with E-state index in [0.717, 1.165) is 35.1 Å². The van der Waals surface area contributed by atoms with E-state index < -0.39 is 0 Å². The van der Waals surface area contributed by atoms with E-state index in [1.54, 1.807) is 7.11 Å². The summed E-state index contributed by atoms with van der Waals surface area (Å²) in [7, 11) is 1.57. The molecule has 4 rings (SSSR count). The lowest BCUT2D eigenvalue weighted by atomic mass is 10.1. The molecular formula is C22H24N4O3. The first kappa shape index (κ1) is 18.9. The quantitative estimate of drug-likeness (QED) is 0.602. The molecule has 0 spiro atoms. The maximum atomic E-state index is 11.7. The first-order valence-corrected chi connectivity index (χ1v) is 9.65. The van der Waals surface area contributed by atoms with Gasteiger partial charge in [-0.1, -0.05) is 24.3 Å². The van der Waals surface area contributed by atoms with Gasteiger partial charge < -0.3 is 20.1 Å². The number of aromatic nitrogens is 2. The molecule has 2 aromatic carbocycles. The number of likely N-dealkylation sites (tertiary alicyclic amines) is 1. The van der Waals surface area contributed by atoms with Crippen molar-refractivity contribution in [3.8, 4) is 11.5 Å². The van der Waals surface area contributed by atoms with Gasteiger partial charge in [-0.3, -0.25) is 9.89 Å². The molecule has 1 fully saturated rings. The molecule has 0 bridgehead atoms. The summed E-state index contributed by atoms with van der Waals surface area (Å²) < 4.78 is 11.3. The second-order valence-electron chi connectivity index (χ2n) is 6.92. The normalized spacial score (nSPS) is 14.2. The van der Waals surface area contributed by atoms with Crippen molar-refractivity contribution < 1.29 is 14.3 Å². The lowest BCUT2D eigenvalue weighted by Crippen LogP contribution is -2.29. The number of rotatable bonds is 7. The number of amides is 1. The average molecular weight is 392 g/mol. The summed E-state index contributed by atoms with van der Waals surface area (Å²) in [5, 5.41) is 8.41. The van der Waals surface area contributed by atoms with Crippen LogP contribution in [0.15, 0.2) is 36.4 Å². The van der Waals surface area contributed by atoms with Gasteiger partial charge in [-0.15, -0.1) is 0 Å². The summed E-state index contributed by atoms with van der Waals surface area (Å²) in [6.45, 7) is 1.76. The van der Waals surface area contributed by atoms with E-state index in [2.05, 4.69) is 10.2 Å². The highest BCUT2D eigenvalue weighted by atomic mass is 16.5. The van der Waals surface area contributed by atoms with Crippen molar-refractivity contribution in [3.63, 3.8) is 0 Å². The van der Waals surface area contributed by atoms with E-state index in [1.807, 2.05) is 53.5 Å². The maximum Gasteiger partial charge on any atom is 0.222 e. The standard InChI is InChI=1S/C22H24N4O3/c1-28-22-19(29-14-13-26-12-4-7-20(26)27)11-9-15(21(22)23)8-10-18-16-5-2-3-6-17(16)24-25-18/h2-3,5-6,8-11H,4,7,12-14,23H2,1H3,(H,24,25)/b10-8+. The Morgan fingerprint density at radius 3 is 2.90 bits per heavy atom. The number of nitrogens with zero attached hydrogens (tertiary/aromatic N) is 2. The van der Waals surface area contributed by atoms with Crippen LogP contribution in [0.4, 0.5) is 5.69 Å². The Kier molecular flexibility index (Phi) is 5.37. The number of fused-ring (bicyclic) bond motifs is 1. The summed E-state index contributed by atoms with van der Waals surface area (Å²) in [5.41, 5.74) is 9.45. The number of ether oxygens (including phenoxy) is 2. The van der Waals surface area contributed by atoms with Crippen LogP contribution in [0.2, 0.25) is 0 Å². The Hall–Kier alpha value is -3.48. The molecule has 0 atom stereocenters. The molecule has 1 amide bonds. The van der Waals surface area contributed by atoms with Gasteiger partial charge in [0, 0.05) is 23.9 Å². The predicted octanol–water partition coefficient (Wildman–Crippen LogP) is 3.33. The zero-order valence-corrected chi connectivity index (χ0v) is 16.4. The zero-order chi connectivity index (χ0) is 20.2. The van der Waals surface area contributed by atoms with Crippen molar-refractivity contribution in [2.24, 2.45) is 0 Å².